The van der Waals surface area contributed by atoms with E-state index in [1.165, 1.54) is 0 Å². The van der Waals surface area contributed by atoms with Crippen molar-refractivity contribution in [2.24, 2.45) is 10.8 Å². The van der Waals surface area contributed by atoms with Crippen LogP contribution in [0.1, 0.15) is 67.7 Å². The van der Waals surface area contributed by atoms with Crippen LogP contribution in [-0.4, -0.2) is 18.2 Å². The minimum Gasteiger partial charge on any atom is -0.425 e. The topological polar surface area (TPSA) is 52.6 Å². The van der Waals surface area contributed by atoms with Crippen molar-refractivity contribution in [2.75, 3.05) is 0 Å². The molecule has 0 aliphatic carbocycles. The fraction of sp³-hybridized carbons (Fsp3) is 0.867. The summed E-state index contributed by atoms with van der Waals surface area (Å²) >= 11 is 0. The van der Waals surface area contributed by atoms with Gasteiger partial charge in [-0.1, -0.05) is 13.3 Å². The van der Waals surface area contributed by atoms with E-state index >= 15 is 0 Å². The molecule has 0 aromatic heterocycles. The zero-order chi connectivity index (χ0) is 15.3. The Kier molecular flexibility index (Phi) is 6.53. The van der Waals surface area contributed by atoms with E-state index < -0.39 is 17.1 Å². The first-order valence-corrected chi connectivity index (χ1v) is 6.90. The Balaban J connectivity index is 4.65. The van der Waals surface area contributed by atoms with Gasteiger partial charge in [0.1, 0.15) is 0 Å². The minimum atomic E-state index is -0.779. The lowest BCUT2D eigenvalue weighted by Gasteiger charge is -2.26. The fourth-order valence-electron chi connectivity index (χ4n) is 1.11. The number of ether oxygens (including phenoxy) is 2. The van der Waals surface area contributed by atoms with Crippen molar-refractivity contribution in [1.29, 1.82) is 0 Å². The standard InChI is InChI=1S/C15H28O4/c1-8-9-10-11(18-12(16)14(2,3)4)19-13(17)15(5,6)7/h11H,8-10H2,1-7H3. The van der Waals surface area contributed by atoms with Gasteiger partial charge >= 0.3 is 11.9 Å². The van der Waals surface area contributed by atoms with Gasteiger partial charge in [0.15, 0.2) is 0 Å². The first-order valence-electron chi connectivity index (χ1n) is 6.90. The molecule has 0 radical (unpaired) electrons. The zero-order valence-corrected chi connectivity index (χ0v) is 13.3. The number of unbranched alkanes of at least 4 members (excludes halogenated alkanes) is 1. The van der Waals surface area contributed by atoms with E-state index in [0.717, 1.165) is 12.8 Å². The van der Waals surface area contributed by atoms with Crippen LogP contribution in [0.15, 0.2) is 0 Å². The summed E-state index contributed by atoms with van der Waals surface area (Å²) in [7, 11) is 0. The van der Waals surface area contributed by atoms with Crippen LogP contribution in [0.4, 0.5) is 0 Å². The Morgan fingerprint density at radius 1 is 0.895 bits per heavy atom. The SMILES string of the molecule is CCCCC(OC(=O)C(C)(C)C)OC(=O)C(C)(C)C. The van der Waals surface area contributed by atoms with Crippen molar-refractivity contribution < 1.29 is 19.1 Å². The second kappa shape index (κ2) is 6.92. The van der Waals surface area contributed by atoms with Crippen molar-refractivity contribution in [1.82, 2.24) is 0 Å². The molecule has 19 heavy (non-hydrogen) atoms. The van der Waals surface area contributed by atoms with Gasteiger partial charge in [-0.2, -0.15) is 0 Å². The number of hydrogen-bond donors (Lipinski definition) is 0. The predicted molar refractivity (Wildman–Crippen MR) is 74.4 cm³/mol. The number of carbonyl (C=O) groups excluding carboxylic acids is 2. The van der Waals surface area contributed by atoms with Crippen LogP contribution < -0.4 is 0 Å². The molecule has 4 heteroatoms. The highest BCUT2D eigenvalue weighted by molar-refractivity contribution is 5.77. The predicted octanol–water partition coefficient (Wildman–Crippen LogP) is 3.68. The Bertz CT molecular complexity index is 279. The number of hydrogen-bond acceptors (Lipinski definition) is 4. The second-order valence-corrected chi connectivity index (χ2v) is 6.88. The van der Waals surface area contributed by atoms with E-state index in [9.17, 15) is 9.59 Å². The molecular formula is C15H28O4. The number of carbonyl (C=O) groups is 2. The molecule has 0 heterocycles. The molecule has 0 aliphatic heterocycles. The summed E-state index contributed by atoms with van der Waals surface area (Å²) in [6.07, 6.45) is 1.56. The largest absolute Gasteiger partial charge is 0.425 e. The number of rotatable bonds is 5. The minimum absolute atomic E-state index is 0.352. The van der Waals surface area contributed by atoms with Crippen molar-refractivity contribution in [3.05, 3.63) is 0 Å². The van der Waals surface area contributed by atoms with Crippen LogP contribution in [0.3, 0.4) is 0 Å². The Morgan fingerprint density at radius 3 is 1.53 bits per heavy atom. The average molecular weight is 272 g/mol. The molecular weight excluding hydrogens is 244 g/mol. The molecule has 4 nitrogen and oxygen atoms in total. The monoisotopic (exact) mass is 272 g/mol. The molecule has 112 valence electrons. The highest BCUT2D eigenvalue weighted by Crippen LogP contribution is 2.22. The van der Waals surface area contributed by atoms with Gasteiger partial charge in [-0.3, -0.25) is 9.59 Å². The van der Waals surface area contributed by atoms with Crippen LogP contribution >= 0.6 is 0 Å². The Labute approximate surface area is 116 Å². The molecule has 0 aromatic carbocycles. The maximum atomic E-state index is 11.9. The van der Waals surface area contributed by atoms with Crippen molar-refractivity contribution >= 4 is 11.9 Å². The normalized spacial score (nSPS) is 12.4. The molecule has 0 unspecified atom stereocenters. The van der Waals surface area contributed by atoms with Crippen LogP contribution in [0.25, 0.3) is 0 Å². The van der Waals surface area contributed by atoms with E-state index in [0.29, 0.717) is 6.42 Å². The molecule has 0 amide bonds. The van der Waals surface area contributed by atoms with E-state index in [-0.39, 0.29) is 11.9 Å². The summed E-state index contributed by atoms with van der Waals surface area (Å²) in [5, 5.41) is 0. The third kappa shape index (κ3) is 7.19. The first-order chi connectivity index (χ1) is 8.48. The third-order valence-corrected chi connectivity index (χ3v) is 2.50. The second-order valence-electron chi connectivity index (χ2n) is 6.88. The van der Waals surface area contributed by atoms with Gasteiger partial charge in [0.05, 0.1) is 10.8 Å². The molecule has 0 fully saturated rings. The molecule has 0 bridgehead atoms. The third-order valence-electron chi connectivity index (χ3n) is 2.50. The van der Waals surface area contributed by atoms with Gasteiger partial charge in [0.25, 0.3) is 0 Å². The fourth-order valence-corrected chi connectivity index (χ4v) is 1.11. The highest BCUT2D eigenvalue weighted by atomic mass is 16.7. The summed E-state index contributed by atoms with van der Waals surface area (Å²) < 4.78 is 10.6. The van der Waals surface area contributed by atoms with Crippen molar-refractivity contribution in [3.8, 4) is 0 Å². The Hall–Kier alpha value is -1.06. The van der Waals surface area contributed by atoms with Crippen LogP contribution in [0.2, 0.25) is 0 Å². The van der Waals surface area contributed by atoms with Gasteiger partial charge in [0.2, 0.25) is 6.29 Å². The molecule has 0 atom stereocenters. The Morgan fingerprint density at radius 2 is 1.26 bits per heavy atom. The summed E-state index contributed by atoms with van der Waals surface area (Å²) in [6, 6.07) is 0. The summed E-state index contributed by atoms with van der Waals surface area (Å²) in [4.78, 5) is 23.7. The van der Waals surface area contributed by atoms with E-state index in [1.807, 2.05) is 6.92 Å². The van der Waals surface area contributed by atoms with E-state index in [1.54, 1.807) is 41.5 Å². The molecule has 0 rings (SSSR count). The van der Waals surface area contributed by atoms with Gasteiger partial charge in [0, 0.05) is 6.42 Å². The average Bonchev–Trinajstić information content (AvgIpc) is 2.22. The molecule has 0 saturated heterocycles. The van der Waals surface area contributed by atoms with Crippen LogP contribution in [0, 0.1) is 10.8 Å². The lowest BCUT2D eigenvalue weighted by Crippen LogP contribution is -2.34. The lowest BCUT2D eigenvalue weighted by molar-refractivity contribution is -0.200. The van der Waals surface area contributed by atoms with Gasteiger partial charge in [-0.25, -0.2) is 0 Å². The van der Waals surface area contributed by atoms with E-state index in [2.05, 4.69) is 0 Å². The maximum absolute atomic E-state index is 11.9. The molecule has 0 N–H and O–H groups in total. The summed E-state index contributed by atoms with van der Waals surface area (Å²) in [5.74, 6) is -0.703. The van der Waals surface area contributed by atoms with Gasteiger partial charge in [-0.15, -0.1) is 0 Å². The number of esters is 2. The highest BCUT2D eigenvalue weighted by Gasteiger charge is 2.31. The van der Waals surface area contributed by atoms with Crippen molar-refractivity contribution in [3.63, 3.8) is 0 Å². The first kappa shape index (κ1) is 17.9. The maximum Gasteiger partial charge on any atom is 0.314 e. The zero-order valence-electron chi connectivity index (χ0n) is 13.3. The van der Waals surface area contributed by atoms with E-state index in [4.69, 9.17) is 9.47 Å². The summed E-state index contributed by atoms with van der Waals surface area (Å²) in [6.45, 7) is 12.7. The molecule has 0 aromatic rings. The van der Waals surface area contributed by atoms with Crippen LogP contribution in [-0.2, 0) is 19.1 Å². The quantitative estimate of drug-likeness (QED) is 0.566. The van der Waals surface area contributed by atoms with Crippen LogP contribution in [0.5, 0.6) is 0 Å². The van der Waals surface area contributed by atoms with Gasteiger partial charge < -0.3 is 9.47 Å². The molecule has 0 saturated carbocycles. The van der Waals surface area contributed by atoms with Crippen molar-refractivity contribution in [2.45, 2.75) is 74.0 Å². The smallest absolute Gasteiger partial charge is 0.314 e. The lowest BCUT2D eigenvalue weighted by atomic mass is 9.97. The molecule has 0 aliphatic rings. The van der Waals surface area contributed by atoms with Gasteiger partial charge in [-0.05, 0) is 48.0 Å². The summed E-state index contributed by atoms with van der Waals surface area (Å²) in [5.41, 5.74) is -1.20. The molecule has 0 spiro atoms.